The molecule has 0 spiro atoms. The molecule has 1 amide bonds. The number of esters is 2. The van der Waals surface area contributed by atoms with E-state index >= 15 is 0 Å². The Labute approximate surface area is 178 Å². The Morgan fingerprint density at radius 3 is 2.16 bits per heavy atom. The third-order valence-corrected chi connectivity index (χ3v) is 3.30. The van der Waals surface area contributed by atoms with Gasteiger partial charge < -0.3 is 35.3 Å². The number of nitrogens with one attached hydrogen (secondary N) is 1. The molecule has 0 aromatic carbocycles. The van der Waals surface area contributed by atoms with Crippen LogP contribution >= 0.6 is 0 Å². The highest BCUT2D eigenvalue weighted by Crippen LogP contribution is 2.02. The molecule has 180 valence electrons. The van der Waals surface area contributed by atoms with Crippen LogP contribution in [0, 0.1) is 20.2 Å². The highest BCUT2D eigenvalue weighted by atomic mass is 17.0. The molecule has 0 rings (SSSR count). The first kappa shape index (κ1) is 27.9. The molecular formula is C14H20N4O14. The van der Waals surface area contributed by atoms with E-state index in [4.69, 9.17) is 10.8 Å². The van der Waals surface area contributed by atoms with Crippen molar-refractivity contribution in [2.45, 2.75) is 38.0 Å². The summed E-state index contributed by atoms with van der Waals surface area (Å²) in [5, 5.41) is 28.8. The standard InChI is InChI=1S/C14H20N4O14/c1-7(19)13(23)30-6-10(16-11(20)3-2-9(15)12(21)22)14(24)29-4-8(32-18(27)28)5-31-17(25)26/h8-10H,2-6,15H2,1H3,(H,16,20)(H,21,22)/t8-,9-,10-/m0/s1. The van der Waals surface area contributed by atoms with Crippen LogP contribution in [0.25, 0.3) is 0 Å². The molecular weight excluding hydrogens is 448 g/mol. The molecule has 32 heavy (non-hydrogen) atoms. The molecule has 0 aromatic heterocycles. The third-order valence-electron chi connectivity index (χ3n) is 3.30. The summed E-state index contributed by atoms with van der Waals surface area (Å²) in [6.45, 7) is -1.94. The van der Waals surface area contributed by atoms with Gasteiger partial charge in [-0.05, 0) is 6.42 Å². The van der Waals surface area contributed by atoms with Crippen molar-refractivity contribution in [2.75, 3.05) is 19.8 Å². The number of nitrogens with two attached hydrogens (primary N) is 1. The maximum atomic E-state index is 12.2. The predicted octanol–water partition coefficient (Wildman–Crippen LogP) is -2.88. The fourth-order valence-corrected chi connectivity index (χ4v) is 1.76. The fourth-order valence-electron chi connectivity index (χ4n) is 1.76. The smallest absolute Gasteiger partial charge is 0.374 e. The molecule has 0 bridgehead atoms. The van der Waals surface area contributed by atoms with Gasteiger partial charge >= 0.3 is 17.9 Å². The lowest BCUT2D eigenvalue weighted by molar-refractivity contribution is -0.790. The average molecular weight is 468 g/mol. The Morgan fingerprint density at radius 2 is 1.66 bits per heavy atom. The number of hydrogen-bond acceptors (Lipinski definition) is 14. The summed E-state index contributed by atoms with van der Waals surface area (Å²) < 4.78 is 9.20. The van der Waals surface area contributed by atoms with E-state index in [2.05, 4.69) is 24.5 Å². The minimum Gasteiger partial charge on any atom is -0.480 e. The van der Waals surface area contributed by atoms with Crippen LogP contribution in [0.1, 0.15) is 19.8 Å². The van der Waals surface area contributed by atoms with Gasteiger partial charge in [0.05, 0.1) is 0 Å². The summed E-state index contributed by atoms with van der Waals surface area (Å²) in [6.07, 6.45) is -2.49. The maximum absolute atomic E-state index is 12.2. The first-order valence-electron chi connectivity index (χ1n) is 8.54. The van der Waals surface area contributed by atoms with Crippen LogP contribution in [0.5, 0.6) is 0 Å². The van der Waals surface area contributed by atoms with Crippen LogP contribution in [-0.4, -0.2) is 82.9 Å². The Balaban J connectivity index is 5.09. The van der Waals surface area contributed by atoms with Crippen molar-refractivity contribution in [2.24, 2.45) is 5.73 Å². The molecule has 18 nitrogen and oxygen atoms in total. The number of nitrogens with zero attached hydrogens (tertiary/aromatic N) is 2. The van der Waals surface area contributed by atoms with Crippen LogP contribution in [0.15, 0.2) is 0 Å². The van der Waals surface area contributed by atoms with Crippen molar-refractivity contribution in [1.82, 2.24) is 5.32 Å². The number of ether oxygens (including phenoxy) is 2. The number of carboxylic acids is 1. The van der Waals surface area contributed by atoms with Gasteiger partial charge in [0, 0.05) is 13.3 Å². The topological polar surface area (TPSA) is 267 Å². The number of Topliss-reactive ketones (excluding diaryl/α,β-unsaturated/α-hetero) is 1. The highest BCUT2D eigenvalue weighted by Gasteiger charge is 2.27. The Bertz CT molecular complexity index is 741. The Morgan fingerprint density at radius 1 is 1.03 bits per heavy atom. The zero-order valence-corrected chi connectivity index (χ0v) is 16.5. The van der Waals surface area contributed by atoms with Crippen LogP contribution in [-0.2, 0) is 43.1 Å². The summed E-state index contributed by atoms with van der Waals surface area (Å²) in [5.74, 6) is -5.98. The van der Waals surface area contributed by atoms with Crippen LogP contribution in [0.3, 0.4) is 0 Å². The number of ketones is 1. The van der Waals surface area contributed by atoms with Gasteiger partial charge in [-0.25, -0.2) is 9.59 Å². The first-order valence-corrected chi connectivity index (χ1v) is 8.54. The van der Waals surface area contributed by atoms with Crippen molar-refractivity contribution in [3.05, 3.63) is 20.2 Å². The molecule has 0 aromatic rings. The number of carbonyl (C=O) groups is 5. The van der Waals surface area contributed by atoms with Crippen LogP contribution in [0.4, 0.5) is 0 Å². The molecule has 3 atom stereocenters. The molecule has 0 aliphatic carbocycles. The second kappa shape index (κ2) is 14.0. The summed E-state index contributed by atoms with van der Waals surface area (Å²) in [4.78, 5) is 85.6. The minimum absolute atomic E-state index is 0.312. The average Bonchev–Trinajstić information content (AvgIpc) is 2.69. The monoisotopic (exact) mass is 468 g/mol. The van der Waals surface area contributed by atoms with Gasteiger partial charge in [0.15, 0.2) is 12.1 Å². The van der Waals surface area contributed by atoms with Gasteiger partial charge in [0.2, 0.25) is 11.7 Å². The molecule has 18 heteroatoms. The van der Waals surface area contributed by atoms with E-state index in [1.54, 1.807) is 0 Å². The van der Waals surface area contributed by atoms with E-state index < -0.39 is 84.2 Å². The molecule has 0 heterocycles. The van der Waals surface area contributed by atoms with Crippen molar-refractivity contribution >= 4 is 29.6 Å². The summed E-state index contributed by atoms with van der Waals surface area (Å²) in [5.41, 5.74) is 5.25. The lowest BCUT2D eigenvalue weighted by Gasteiger charge is -2.19. The van der Waals surface area contributed by atoms with Crippen molar-refractivity contribution < 1.29 is 58.4 Å². The van der Waals surface area contributed by atoms with E-state index in [0.29, 0.717) is 0 Å². The lowest BCUT2D eigenvalue weighted by atomic mass is 10.1. The quantitative estimate of drug-likeness (QED) is 0.0888. The van der Waals surface area contributed by atoms with Gasteiger partial charge in [0.25, 0.3) is 10.2 Å². The summed E-state index contributed by atoms with van der Waals surface area (Å²) in [6, 6.07) is -3.09. The number of aliphatic carboxylic acids is 1. The molecule has 0 unspecified atom stereocenters. The van der Waals surface area contributed by atoms with E-state index in [1.165, 1.54) is 0 Å². The third kappa shape index (κ3) is 12.5. The highest BCUT2D eigenvalue weighted by molar-refractivity contribution is 6.32. The second-order valence-corrected chi connectivity index (χ2v) is 5.86. The number of amides is 1. The normalized spacial score (nSPS) is 12.9. The van der Waals surface area contributed by atoms with E-state index in [1.807, 2.05) is 0 Å². The molecule has 0 radical (unpaired) electrons. The van der Waals surface area contributed by atoms with Gasteiger partial charge in [-0.3, -0.25) is 14.4 Å². The van der Waals surface area contributed by atoms with E-state index in [-0.39, 0.29) is 6.42 Å². The molecule has 0 saturated heterocycles. The molecule has 0 fully saturated rings. The first-order chi connectivity index (χ1) is 14.8. The summed E-state index contributed by atoms with van der Waals surface area (Å²) >= 11 is 0. The zero-order chi connectivity index (χ0) is 24.8. The number of carboxylic acid groups (broad SMARTS) is 1. The van der Waals surface area contributed by atoms with Crippen molar-refractivity contribution in [3.8, 4) is 0 Å². The second-order valence-electron chi connectivity index (χ2n) is 5.86. The largest absolute Gasteiger partial charge is 0.480 e. The van der Waals surface area contributed by atoms with Crippen molar-refractivity contribution in [3.63, 3.8) is 0 Å². The van der Waals surface area contributed by atoms with Gasteiger partial charge in [-0.15, -0.1) is 20.2 Å². The lowest BCUT2D eigenvalue weighted by Crippen LogP contribution is -2.47. The molecule has 4 N–H and O–H groups in total. The van der Waals surface area contributed by atoms with Crippen LogP contribution < -0.4 is 11.1 Å². The fraction of sp³-hybridized carbons (Fsp3) is 0.643. The van der Waals surface area contributed by atoms with Gasteiger partial charge in [0.1, 0.15) is 25.9 Å². The van der Waals surface area contributed by atoms with Crippen LogP contribution in [0.2, 0.25) is 0 Å². The van der Waals surface area contributed by atoms with E-state index in [0.717, 1.165) is 6.92 Å². The minimum atomic E-state index is -1.72. The van der Waals surface area contributed by atoms with Gasteiger partial charge in [-0.1, -0.05) is 0 Å². The number of hydrogen-bond donors (Lipinski definition) is 3. The number of rotatable bonds is 16. The van der Waals surface area contributed by atoms with Crippen molar-refractivity contribution in [1.29, 1.82) is 0 Å². The summed E-state index contributed by atoms with van der Waals surface area (Å²) in [7, 11) is 0. The molecule has 0 aliphatic rings. The molecule has 0 saturated carbocycles. The Hall–Kier alpha value is -4.09. The maximum Gasteiger partial charge on any atom is 0.374 e. The zero-order valence-electron chi connectivity index (χ0n) is 16.5. The Kier molecular flexibility index (Phi) is 12.2. The number of carbonyl (C=O) groups excluding carboxylic acids is 4. The predicted molar refractivity (Wildman–Crippen MR) is 94.2 cm³/mol. The SMILES string of the molecule is CC(=O)C(=O)OC[C@H](NC(=O)CC[C@H](N)C(=O)O)C(=O)OC[C@@H](CO[N+](=O)[O-])O[N+](=O)[O-]. The van der Waals surface area contributed by atoms with Gasteiger partial charge in [-0.2, -0.15) is 0 Å². The molecule has 0 aliphatic heterocycles. The van der Waals surface area contributed by atoms with E-state index in [9.17, 15) is 44.2 Å².